The fraction of sp³-hybridized carbons (Fsp3) is 0.462. The van der Waals surface area contributed by atoms with Crippen LogP contribution < -0.4 is 10.2 Å². The molecule has 0 bridgehead atoms. The molecule has 1 aromatic rings. The first-order valence-corrected chi connectivity index (χ1v) is 5.86. The Hall–Kier alpha value is -1.55. The van der Waals surface area contributed by atoms with Crippen molar-refractivity contribution in [1.29, 1.82) is 0 Å². The lowest BCUT2D eigenvalue weighted by molar-refractivity contribution is -0.139. The third-order valence-corrected chi connectivity index (χ3v) is 3.17. The van der Waals surface area contributed by atoms with Crippen molar-refractivity contribution in [2.45, 2.75) is 19.9 Å². The molecule has 1 atom stereocenters. The van der Waals surface area contributed by atoms with E-state index < -0.39 is 12.0 Å². The van der Waals surface area contributed by atoms with Crippen LogP contribution in [0.5, 0.6) is 0 Å². The third-order valence-electron chi connectivity index (χ3n) is 3.17. The predicted octanol–water partition coefficient (Wildman–Crippen LogP) is 1.17. The third kappa shape index (κ3) is 2.58. The molecule has 0 spiro atoms. The van der Waals surface area contributed by atoms with Crippen LogP contribution in [0.15, 0.2) is 18.2 Å². The molecule has 4 heteroatoms. The van der Waals surface area contributed by atoms with Crippen LogP contribution in [-0.2, 0) is 4.79 Å². The van der Waals surface area contributed by atoms with E-state index in [0.717, 1.165) is 12.2 Å². The molecule has 0 saturated carbocycles. The second-order valence-corrected chi connectivity index (χ2v) is 4.58. The minimum Gasteiger partial charge on any atom is -0.480 e. The Bertz CT molecular complexity index is 431. The number of carbonyl (C=O) groups is 1. The molecule has 0 radical (unpaired) electrons. The Morgan fingerprint density at radius 1 is 1.47 bits per heavy atom. The number of aryl methyl sites for hydroxylation is 2. The van der Waals surface area contributed by atoms with Crippen LogP contribution in [0.25, 0.3) is 0 Å². The molecular formula is C13H18N2O2. The summed E-state index contributed by atoms with van der Waals surface area (Å²) in [5, 5.41) is 12.0. The molecule has 1 aliphatic heterocycles. The molecule has 2 rings (SSSR count). The Morgan fingerprint density at radius 2 is 2.24 bits per heavy atom. The Balaban J connectivity index is 2.19. The Kier molecular flexibility index (Phi) is 3.33. The lowest BCUT2D eigenvalue weighted by atomic mass is 10.1. The summed E-state index contributed by atoms with van der Waals surface area (Å²) in [6.07, 6.45) is 0. The maximum Gasteiger partial charge on any atom is 0.322 e. The van der Waals surface area contributed by atoms with E-state index in [1.165, 1.54) is 11.1 Å². The highest BCUT2D eigenvalue weighted by Gasteiger charge is 2.25. The van der Waals surface area contributed by atoms with Crippen molar-refractivity contribution >= 4 is 11.7 Å². The summed E-state index contributed by atoms with van der Waals surface area (Å²) < 4.78 is 0. The van der Waals surface area contributed by atoms with Crippen LogP contribution in [0.4, 0.5) is 5.69 Å². The van der Waals surface area contributed by atoms with E-state index >= 15 is 0 Å². The first-order chi connectivity index (χ1) is 8.08. The van der Waals surface area contributed by atoms with E-state index in [4.69, 9.17) is 5.11 Å². The molecule has 0 amide bonds. The molecule has 0 aliphatic carbocycles. The molecule has 0 aromatic heterocycles. The smallest absolute Gasteiger partial charge is 0.322 e. The zero-order chi connectivity index (χ0) is 12.4. The van der Waals surface area contributed by atoms with Gasteiger partial charge < -0.3 is 15.3 Å². The molecule has 1 aromatic carbocycles. The molecule has 1 aliphatic rings. The van der Waals surface area contributed by atoms with E-state index in [1.54, 1.807) is 0 Å². The van der Waals surface area contributed by atoms with E-state index in [-0.39, 0.29) is 0 Å². The number of carboxylic acids is 1. The largest absolute Gasteiger partial charge is 0.480 e. The highest BCUT2D eigenvalue weighted by molar-refractivity contribution is 5.75. The highest BCUT2D eigenvalue weighted by atomic mass is 16.4. The van der Waals surface area contributed by atoms with Crippen molar-refractivity contribution in [3.8, 4) is 0 Å². The van der Waals surface area contributed by atoms with Gasteiger partial charge in [-0.1, -0.05) is 17.7 Å². The number of aliphatic carboxylic acids is 1. The fourth-order valence-electron chi connectivity index (χ4n) is 2.29. The van der Waals surface area contributed by atoms with E-state index in [2.05, 4.69) is 42.3 Å². The minimum atomic E-state index is -0.778. The van der Waals surface area contributed by atoms with Crippen LogP contribution in [0, 0.1) is 13.8 Å². The standard InChI is InChI=1S/C13H18N2O2/c1-9-3-4-12(10(2)7-9)15-6-5-14-11(8-15)13(16)17/h3-4,7,11,14H,5-6,8H2,1-2H3,(H,16,17). The number of anilines is 1. The number of hydrogen-bond acceptors (Lipinski definition) is 3. The van der Waals surface area contributed by atoms with Gasteiger partial charge in [0.1, 0.15) is 6.04 Å². The Morgan fingerprint density at radius 3 is 2.88 bits per heavy atom. The van der Waals surface area contributed by atoms with Gasteiger partial charge in [-0.3, -0.25) is 4.79 Å². The molecular weight excluding hydrogens is 216 g/mol. The number of hydrogen-bond donors (Lipinski definition) is 2. The number of piperazine rings is 1. The summed E-state index contributed by atoms with van der Waals surface area (Å²) in [5.41, 5.74) is 3.58. The topological polar surface area (TPSA) is 52.6 Å². The van der Waals surface area contributed by atoms with Crippen LogP contribution >= 0.6 is 0 Å². The molecule has 1 heterocycles. The number of rotatable bonds is 2. The van der Waals surface area contributed by atoms with E-state index in [0.29, 0.717) is 13.1 Å². The number of carboxylic acid groups (broad SMARTS) is 1. The summed E-state index contributed by atoms with van der Waals surface area (Å²) in [6, 6.07) is 5.81. The van der Waals surface area contributed by atoms with Crippen LogP contribution in [0.3, 0.4) is 0 Å². The van der Waals surface area contributed by atoms with Crippen LogP contribution in [0.2, 0.25) is 0 Å². The SMILES string of the molecule is Cc1ccc(N2CCNC(C(=O)O)C2)c(C)c1. The highest BCUT2D eigenvalue weighted by Crippen LogP contribution is 2.22. The first-order valence-electron chi connectivity index (χ1n) is 5.86. The first kappa shape index (κ1) is 11.9. The van der Waals surface area contributed by atoms with Crippen LogP contribution in [0.1, 0.15) is 11.1 Å². The van der Waals surface area contributed by atoms with Gasteiger partial charge in [0.2, 0.25) is 0 Å². The number of nitrogens with zero attached hydrogens (tertiary/aromatic N) is 1. The summed E-state index contributed by atoms with van der Waals surface area (Å²) in [6.45, 7) is 6.23. The zero-order valence-corrected chi connectivity index (χ0v) is 10.2. The zero-order valence-electron chi connectivity index (χ0n) is 10.2. The van der Waals surface area contributed by atoms with Gasteiger partial charge in [0.05, 0.1) is 0 Å². The molecule has 1 unspecified atom stereocenters. The number of nitrogens with one attached hydrogen (secondary N) is 1. The van der Waals surface area contributed by atoms with E-state index in [1.807, 2.05) is 0 Å². The van der Waals surface area contributed by atoms with Gasteiger partial charge in [0.15, 0.2) is 0 Å². The quantitative estimate of drug-likeness (QED) is 0.806. The van der Waals surface area contributed by atoms with Gasteiger partial charge in [0, 0.05) is 25.3 Å². The van der Waals surface area contributed by atoms with Crippen molar-refractivity contribution in [2.75, 3.05) is 24.5 Å². The maximum absolute atomic E-state index is 11.0. The average Bonchev–Trinajstić information content (AvgIpc) is 2.29. The lowest BCUT2D eigenvalue weighted by Crippen LogP contribution is -2.54. The van der Waals surface area contributed by atoms with Gasteiger partial charge in [-0.2, -0.15) is 0 Å². The molecule has 4 nitrogen and oxygen atoms in total. The molecule has 17 heavy (non-hydrogen) atoms. The van der Waals surface area contributed by atoms with Crippen molar-refractivity contribution in [3.05, 3.63) is 29.3 Å². The van der Waals surface area contributed by atoms with Gasteiger partial charge in [-0.25, -0.2) is 0 Å². The predicted molar refractivity (Wildman–Crippen MR) is 67.6 cm³/mol. The molecule has 1 fully saturated rings. The summed E-state index contributed by atoms with van der Waals surface area (Å²) >= 11 is 0. The van der Waals surface area contributed by atoms with Crippen molar-refractivity contribution < 1.29 is 9.90 Å². The summed E-state index contributed by atoms with van der Waals surface area (Å²) in [4.78, 5) is 13.1. The fourth-order valence-corrected chi connectivity index (χ4v) is 2.29. The van der Waals surface area contributed by atoms with Gasteiger partial charge >= 0.3 is 5.97 Å². The van der Waals surface area contributed by atoms with Crippen molar-refractivity contribution in [1.82, 2.24) is 5.32 Å². The number of benzene rings is 1. The van der Waals surface area contributed by atoms with Gasteiger partial charge in [0.25, 0.3) is 0 Å². The average molecular weight is 234 g/mol. The summed E-state index contributed by atoms with van der Waals surface area (Å²) in [5.74, 6) is -0.778. The van der Waals surface area contributed by atoms with Gasteiger partial charge in [-0.15, -0.1) is 0 Å². The van der Waals surface area contributed by atoms with Crippen LogP contribution in [-0.4, -0.2) is 36.8 Å². The monoisotopic (exact) mass is 234 g/mol. The normalized spacial score (nSPS) is 20.4. The minimum absolute atomic E-state index is 0.468. The van der Waals surface area contributed by atoms with Gasteiger partial charge in [-0.05, 0) is 25.5 Å². The molecule has 1 saturated heterocycles. The molecule has 92 valence electrons. The summed E-state index contributed by atoms with van der Waals surface area (Å²) in [7, 11) is 0. The second-order valence-electron chi connectivity index (χ2n) is 4.58. The van der Waals surface area contributed by atoms with Crippen molar-refractivity contribution in [2.24, 2.45) is 0 Å². The maximum atomic E-state index is 11.0. The Labute approximate surface area is 101 Å². The lowest BCUT2D eigenvalue weighted by Gasteiger charge is -2.34. The van der Waals surface area contributed by atoms with Crippen molar-refractivity contribution in [3.63, 3.8) is 0 Å². The molecule has 2 N–H and O–H groups in total. The second kappa shape index (κ2) is 4.75. The van der Waals surface area contributed by atoms with E-state index in [9.17, 15) is 4.79 Å².